The first-order chi connectivity index (χ1) is 14.1. The molecule has 0 saturated carbocycles. The number of pyridine rings is 1. The predicted molar refractivity (Wildman–Crippen MR) is 108 cm³/mol. The normalized spacial score (nSPS) is 17.8. The summed E-state index contributed by atoms with van der Waals surface area (Å²) in [6.07, 6.45) is 4.96. The summed E-state index contributed by atoms with van der Waals surface area (Å²) in [5, 5.41) is 0. The molecule has 29 heavy (non-hydrogen) atoms. The van der Waals surface area contributed by atoms with Crippen molar-refractivity contribution in [2.75, 3.05) is 26.8 Å². The molecule has 4 rings (SSSR count). The van der Waals surface area contributed by atoms with Gasteiger partial charge in [-0.2, -0.15) is 0 Å². The predicted octanol–water partition coefficient (Wildman–Crippen LogP) is 3.04. The summed E-state index contributed by atoms with van der Waals surface area (Å²) in [4.78, 5) is 31.6. The van der Waals surface area contributed by atoms with E-state index in [1.165, 1.54) is 0 Å². The van der Waals surface area contributed by atoms with Crippen molar-refractivity contribution >= 4 is 11.7 Å². The Labute approximate surface area is 170 Å². The van der Waals surface area contributed by atoms with E-state index in [1.807, 2.05) is 29.2 Å². The number of carbonyl (C=O) groups is 2. The van der Waals surface area contributed by atoms with Crippen molar-refractivity contribution < 1.29 is 19.1 Å². The third kappa shape index (κ3) is 4.03. The monoisotopic (exact) mass is 394 g/mol. The zero-order valence-electron chi connectivity index (χ0n) is 16.7. The molecule has 1 aromatic heterocycles. The van der Waals surface area contributed by atoms with Crippen molar-refractivity contribution in [2.45, 2.75) is 32.3 Å². The van der Waals surface area contributed by atoms with Gasteiger partial charge in [0.15, 0.2) is 5.78 Å². The van der Waals surface area contributed by atoms with Crippen LogP contribution in [-0.4, -0.2) is 48.4 Å². The number of methoxy groups -OCH3 is 1. The number of nitrogens with zero attached hydrogens (tertiary/aromatic N) is 2. The van der Waals surface area contributed by atoms with Crippen LogP contribution in [0.25, 0.3) is 0 Å². The van der Waals surface area contributed by atoms with Gasteiger partial charge in [-0.1, -0.05) is 24.3 Å². The summed E-state index contributed by atoms with van der Waals surface area (Å²) in [6, 6.07) is 11.6. The van der Waals surface area contributed by atoms with Crippen molar-refractivity contribution in [3.8, 4) is 5.88 Å². The van der Waals surface area contributed by atoms with E-state index >= 15 is 0 Å². The van der Waals surface area contributed by atoms with Gasteiger partial charge < -0.3 is 14.4 Å². The van der Waals surface area contributed by atoms with Crippen LogP contribution in [0.5, 0.6) is 5.88 Å². The van der Waals surface area contributed by atoms with Gasteiger partial charge in [-0.3, -0.25) is 9.59 Å². The van der Waals surface area contributed by atoms with Gasteiger partial charge in [-0.15, -0.1) is 0 Å². The second-order valence-corrected chi connectivity index (χ2v) is 7.85. The Morgan fingerprint density at radius 2 is 1.93 bits per heavy atom. The van der Waals surface area contributed by atoms with Crippen LogP contribution in [0.4, 0.5) is 0 Å². The Morgan fingerprint density at radius 3 is 2.66 bits per heavy atom. The second kappa shape index (κ2) is 8.33. The molecule has 1 spiro atoms. The smallest absolute Gasteiger partial charge is 0.248 e. The van der Waals surface area contributed by atoms with Crippen LogP contribution < -0.4 is 4.74 Å². The van der Waals surface area contributed by atoms with Gasteiger partial charge in [0.25, 0.3) is 0 Å². The molecule has 152 valence electrons. The van der Waals surface area contributed by atoms with Gasteiger partial charge in [-0.25, -0.2) is 4.98 Å². The third-order valence-electron chi connectivity index (χ3n) is 6.19. The topological polar surface area (TPSA) is 68.7 Å². The van der Waals surface area contributed by atoms with Gasteiger partial charge in [0.05, 0.1) is 13.7 Å². The number of rotatable bonds is 5. The molecule has 1 fully saturated rings. The molecule has 0 atom stereocenters. The molecule has 2 aromatic rings. The average molecular weight is 394 g/mol. The van der Waals surface area contributed by atoms with Gasteiger partial charge in [0.2, 0.25) is 11.8 Å². The van der Waals surface area contributed by atoms with E-state index in [1.54, 1.807) is 19.4 Å². The number of fused-ring (bicyclic) bond motifs is 1. The van der Waals surface area contributed by atoms with Crippen molar-refractivity contribution in [1.29, 1.82) is 0 Å². The number of amides is 1. The Balaban J connectivity index is 1.28. The summed E-state index contributed by atoms with van der Waals surface area (Å²) in [5.74, 6) is 0.784. The van der Waals surface area contributed by atoms with E-state index in [2.05, 4.69) is 11.1 Å². The number of aryl methyl sites for hydroxylation is 1. The molecule has 2 heterocycles. The maximum atomic E-state index is 13.1. The molecule has 0 unspecified atom stereocenters. The Hall–Kier alpha value is -2.73. The largest absolute Gasteiger partial charge is 0.481 e. The fourth-order valence-corrected chi connectivity index (χ4v) is 4.36. The number of hydrogen-bond acceptors (Lipinski definition) is 5. The molecule has 1 aliphatic carbocycles. The standard InChI is InChI=1S/C23H26N2O4/c1-28-20-7-6-17(14-24-20)15-29-16-21(26)25-12-10-23(11-13-25)9-8-18-4-2-3-5-19(18)22(23)27/h2-7,14H,8-13,15-16H2,1H3. The first-order valence-electron chi connectivity index (χ1n) is 10.1. The second-order valence-electron chi connectivity index (χ2n) is 7.85. The number of likely N-dealkylation sites (tertiary alicyclic amines) is 1. The molecule has 0 radical (unpaired) electrons. The van der Waals surface area contributed by atoms with Gasteiger partial charge >= 0.3 is 0 Å². The van der Waals surface area contributed by atoms with Crippen LogP contribution in [0, 0.1) is 5.41 Å². The molecule has 1 amide bonds. The number of ether oxygens (including phenoxy) is 2. The van der Waals surface area contributed by atoms with Crippen LogP contribution in [0.15, 0.2) is 42.6 Å². The lowest BCUT2D eigenvalue weighted by molar-refractivity contribution is -0.138. The lowest BCUT2D eigenvalue weighted by Crippen LogP contribution is -2.49. The minimum Gasteiger partial charge on any atom is -0.481 e. The zero-order chi connectivity index (χ0) is 20.3. The molecular formula is C23H26N2O4. The van der Waals surface area contributed by atoms with Crippen molar-refractivity contribution in [3.63, 3.8) is 0 Å². The lowest BCUT2D eigenvalue weighted by Gasteiger charge is -2.43. The number of hydrogen-bond donors (Lipinski definition) is 0. The quantitative estimate of drug-likeness (QED) is 0.780. The maximum Gasteiger partial charge on any atom is 0.248 e. The Kier molecular flexibility index (Phi) is 5.62. The van der Waals surface area contributed by atoms with Crippen LogP contribution in [0.3, 0.4) is 0 Å². The van der Waals surface area contributed by atoms with Crippen LogP contribution in [-0.2, 0) is 22.6 Å². The summed E-state index contributed by atoms with van der Waals surface area (Å²) in [6.45, 7) is 1.59. The van der Waals surface area contributed by atoms with Crippen molar-refractivity contribution in [3.05, 3.63) is 59.3 Å². The number of Topliss-reactive ketones (excluding diaryl/α,β-unsaturated/α-hetero) is 1. The summed E-state index contributed by atoms with van der Waals surface area (Å²) >= 11 is 0. The fraction of sp³-hybridized carbons (Fsp3) is 0.435. The number of benzene rings is 1. The third-order valence-corrected chi connectivity index (χ3v) is 6.19. The highest BCUT2D eigenvalue weighted by Crippen LogP contribution is 2.43. The van der Waals surface area contributed by atoms with E-state index in [0.29, 0.717) is 25.6 Å². The van der Waals surface area contributed by atoms with E-state index in [-0.39, 0.29) is 23.7 Å². The Bertz CT molecular complexity index is 886. The highest BCUT2D eigenvalue weighted by atomic mass is 16.5. The van der Waals surface area contributed by atoms with E-state index < -0.39 is 0 Å². The zero-order valence-corrected chi connectivity index (χ0v) is 16.7. The average Bonchev–Trinajstić information content (AvgIpc) is 2.77. The summed E-state index contributed by atoms with van der Waals surface area (Å²) in [7, 11) is 1.57. The highest BCUT2D eigenvalue weighted by molar-refractivity contribution is 6.03. The van der Waals surface area contributed by atoms with Gasteiger partial charge in [-0.05, 0) is 42.9 Å². The molecule has 0 N–H and O–H groups in total. The molecule has 1 aromatic carbocycles. The summed E-state index contributed by atoms with van der Waals surface area (Å²) < 4.78 is 10.6. The molecule has 0 bridgehead atoms. The van der Waals surface area contributed by atoms with Crippen LogP contribution in [0.2, 0.25) is 0 Å². The summed E-state index contributed by atoms with van der Waals surface area (Å²) in [5.41, 5.74) is 2.61. The van der Waals surface area contributed by atoms with Gasteiger partial charge in [0, 0.05) is 36.3 Å². The molecule has 1 saturated heterocycles. The Morgan fingerprint density at radius 1 is 1.14 bits per heavy atom. The molecule has 6 heteroatoms. The van der Waals surface area contributed by atoms with Crippen molar-refractivity contribution in [2.24, 2.45) is 5.41 Å². The van der Waals surface area contributed by atoms with E-state index in [0.717, 1.165) is 42.4 Å². The lowest BCUT2D eigenvalue weighted by atomic mass is 9.65. The minimum atomic E-state index is -0.305. The van der Waals surface area contributed by atoms with Crippen LogP contribution in [0.1, 0.15) is 40.7 Å². The van der Waals surface area contributed by atoms with Crippen molar-refractivity contribution in [1.82, 2.24) is 9.88 Å². The number of ketones is 1. The molecule has 1 aliphatic heterocycles. The first-order valence-corrected chi connectivity index (χ1v) is 10.1. The SMILES string of the molecule is COc1ccc(COCC(=O)N2CCC3(CCc4ccccc4C3=O)CC2)cn1. The first kappa shape index (κ1) is 19.6. The fourth-order valence-electron chi connectivity index (χ4n) is 4.36. The number of piperidine rings is 1. The molecule has 6 nitrogen and oxygen atoms in total. The molecular weight excluding hydrogens is 368 g/mol. The number of aromatic nitrogens is 1. The van der Waals surface area contributed by atoms with Gasteiger partial charge in [0.1, 0.15) is 6.61 Å². The maximum absolute atomic E-state index is 13.1. The van der Waals surface area contributed by atoms with Crippen LogP contribution >= 0.6 is 0 Å². The minimum absolute atomic E-state index is 0.0232. The molecule has 2 aliphatic rings. The number of carbonyl (C=O) groups excluding carboxylic acids is 2. The van der Waals surface area contributed by atoms with E-state index in [4.69, 9.17) is 9.47 Å². The van der Waals surface area contributed by atoms with E-state index in [9.17, 15) is 9.59 Å². The highest BCUT2D eigenvalue weighted by Gasteiger charge is 2.44.